The Morgan fingerprint density at radius 3 is 2.36 bits per heavy atom. The fraction of sp³-hybridized carbons (Fsp3) is 0.632. The highest BCUT2D eigenvalue weighted by molar-refractivity contribution is 14.0. The molecule has 2 N–H and O–H groups in total. The van der Waals surface area contributed by atoms with Crippen molar-refractivity contribution in [2.24, 2.45) is 4.99 Å². The normalized spacial score (nSPS) is 11.2. The van der Waals surface area contributed by atoms with E-state index in [4.69, 9.17) is 4.74 Å². The van der Waals surface area contributed by atoms with Gasteiger partial charge < -0.3 is 20.3 Å². The van der Waals surface area contributed by atoms with Gasteiger partial charge in [0.05, 0.1) is 7.11 Å². The molecule has 0 fully saturated rings. The van der Waals surface area contributed by atoms with Gasteiger partial charge in [0.2, 0.25) is 0 Å². The zero-order valence-corrected chi connectivity index (χ0v) is 18.5. The number of hydrogen-bond acceptors (Lipinski definition) is 3. The Labute approximate surface area is 170 Å². The van der Waals surface area contributed by atoms with E-state index < -0.39 is 0 Å². The van der Waals surface area contributed by atoms with Crippen LogP contribution in [0.1, 0.15) is 38.7 Å². The summed E-state index contributed by atoms with van der Waals surface area (Å²) in [7, 11) is 3.50. The molecular weight excluding hydrogens is 427 g/mol. The minimum absolute atomic E-state index is 0. The molecule has 0 spiro atoms. The van der Waals surface area contributed by atoms with Crippen LogP contribution in [0, 0.1) is 0 Å². The summed E-state index contributed by atoms with van der Waals surface area (Å²) in [6.45, 7) is 9.62. The maximum absolute atomic E-state index is 5.38. The van der Waals surface area contributed by atoms with Crippen molar-refractivity contribution in [3.63, 3.8) is 0 Å². The van der Waals surface area contributed by atoms with Crippen LogP contribution in [0.25, 0.3) is 0 Å². The smallest absolute Gasteiger partial charge is 0.191 e. The van der Waals surface area contributed by atoms with Gasteiger partial charge in [0, 0.05) is 25.7 Å². The van der Waals surface area contributed by atoms with E-state index in [1.807, 2.05) is 18.2 Å². The fourth-order valence-electron chi connectivity index (χ4n) is 2.73. The van der Waals surface area contributed by atoms with Gasteiger partial charge in [-0.25, -0.2) is 0 Å². The Hall–Kier alpha value is -1.02. The van der Waals surface area contributed by atoms with Crippen molar-refractivity contribution < 1.29 is 4.74 Å². The van der Waals surface area contributed by atoms with Gasteiger partial charge in [0.25, 0.3) is 0 Å². The van der Waals surface area contributed by atoms with E-state index in [-0.39, 0.29) is 24.0 Å². The van der Waals surface area contributed by atoms with Crippen LogP contribution in [0.15, 0.2) is 29.3 Å². The first kappa shape index (κ1) is 24.0. The highest BCUT2D eigenvalue weighted by Crippen LogP contribution is 2.16. The molecule has 1 aromatic rings. The zero-order chi connectivity index (χ0) is 17.6. The average molecular weight is 462 g/mol. The molecule has 1 rings (SSSR count). The molecule has 1 aromatic carbocycles. The number of ether oxygens (including phenoxy) is 1. The molecule has 0 heterocycles. The largest absolute Gasteiger partial charge is 0.496 e. The number of para-hydroxylation sites is 1. The van der Waals surface area contributed by atoms with Gasteiger partial charge in [-0.3, -0.25) is 4.99 Å². The monoisotopic (exact) mass is 462 g/mol. The fourth-order valence-corrected chi connectivity index (χ4v) is 2.73. The van der Waals surface area contributed by atoms with Crippen LogP contribution in [-0.4, -0.2) is 51.2 Å². The number of nitrogens with one attached hydrogen (secondary N) is 2. The lowest BCUT2D eigenvalue weighted by molar-refractivity contribution is 0.271. The third kappa shape index (κ3) is 9.89. The van der Waals surface area contributed by atoms with Crippen LogP contribution in [0.2, 0.25) is 0 Å². The van der Waals surface area contributed by atoms with E-state index in [0.717, 1.165) is 36.8 Å². The standard InChI is InChI=1S/C19H34N4O.HI/c1-5-13-23(14-6-2)15-9-12-21-19(20-3)22-16-17-10-7-8-11-18(17)24-4;/h7-8,10-11H,5-6,9,12-16H2,1-4H3,(H2,20,21,22);1H. The van der Waals surface area contributed by atoms with Gasteiger partial charge in [0.1, 0.15) is 5.75 Å². The Morgan fingerprint density at radius 1 is 1.08 bits per heavy atom. The lowest BCUT2D eigenvalue weighted by Gasteiger charge is -2.21. The Balaban J connectivity index is 0.00000576. The van der Waals surface area contributed by atoms with Gasteiger partial charge in [-0.2, -0.15) is 0 Å². The quantitative estimate of drug-likeness (QED) is 0.229. The average Bonchev–Trinajstić information content (AvgIpc) is 2.61. The predicted octanol–water partition coefficient (Wildman–Crippen LogP) is 3.49. The van der Waals surface area contributed by atoms with Gasteiger partial charge in [-0.1, -0.05) is 32.0 Å². The minimum Gasteiger partial charge on any atom is -0.496 e. The summed E-state index contributed by atoms with van der Waals surface area (Å²) in [5.74, 6) is 1.73. The molecule has 0 unspecified atom stereocenters. The summed E-state index contributed by atoms with van der Waals surface area (Å²) >= 11 is 0. The van der Waals surface area contributed by atoms with Crippen LogP contribution in [0.3, 0.4) is 0 Å². The predicted molar refractivity (Wildman–Crippen MR) is 118 cm³/mol. The molecule has 5 nitrogen and oxygen atoms in total. The maximum Gasteiger partial charge on any atom is 0.191 e. The molecular formula is C19H35IN4O. The minimum atomic E-state index is 0. The first-order valence-corrected chi connectivity index (χ1v) is 9.03. The number of rotatable bonds is 11. The summed E-state index contributed by atoms with van der Waals surface area (Å²) in [5, 5.41) is 6.73. The van der Waals surface area contributed by atoms with E-state index in [1.165, 1.54) is 25.9 Å². The van der Waals surface area contributed by atoms with Crippen molar-refractivity contribution in [3.05, 3.63) is 29.8 Å². The molecule has 0 aliphatic carbocycles. The van der Waals surface area contributed by atoms with E-state index in [0.29, 0.717) is 6.54 Å². The molecule has 6 heteroatoms. The highest BCUT2D eigenvalue weighted by atomic mass is 127. The van der Waals surface area contributed by atoms with Crippen molar-refractivity contribution in [2.75, 3.05) is 40.3 Å². The number of benzene rings is 1. The van der Waals surface area contributed by atoms with Crippen LogP contribution >= 0.6 is 24.0 Å². The second-order valence-electron chi connectivity index (χ2n) is 5.86. The molecule has 144 valence electrons. The topological polar surface area (TPSA) is 48.9 Å². The Bertz CT molecular complexity index is 476. The number of halogens is 1. The summed E-state index contributed by atoms with van der Waals surface area (Å²) < 4.78 is 5.38. The molecule has 0 saturated heterocycles. The van der Waals surface area contributed by atoms with Crippen molar-refractivity contribution in [3.8, 4) is 5.75 Å². The van der Waals surface area contributed by atoms with Gasteiger partial charge >= 0.3 is 0 Å². The molecule has 0 amide bonds. The number of aliphatic imine (C=N–C) groups is 1. The van der Waals surface area contributed by atoms with Crippen molar-refractivity contribution in [1.29, 1.82) is 0 Å². The molecule has 25 heavy (non-hydrogen) atoms. The maximum atomic E-state index is 5.38. The molecule has 0 aromatic heterocycles. The van der Waals surface area contributed by atoms with Crippen LogP contribution in [0.4, 0.5) is 0 Å². The molecule has 0 aliphatic heterocycles. The van der Waals surface area contributed by atoms with Gasteiger partial charge in [-0.15, -0.1) is 24.0 Å². The second kappa shape index (κ2) is 15.3. The summed E-state index contributed by atoms with van der Waals surface area (Å²) in [5.41, 5.74) is 1.13. The third-order valence-corrected chi connectivity index (χ3v) is 3.89. The SMILES string of the molecule is CCCN(CCC)CCCNC(=NC)NCc1ccccc1OC.I. The van der Waals surface area contributed by atoms with E-state index in [2.05, 4.69) is 40.4 Å². The zero-order valence-electron chi connectivity index (χ0n) is 16.2. The third-order valence-electron chi connectivity index (χ3n) is 3.89. The van der Waals surface area contributed by atoms with E-state index in [1.54, 1.807) is 14.2 Å². The number of methoxy groups -OCH3 is 1. The van der Waals surface area contributed by atoms with E-state index in [9.17, 15) is 0 Å². The Morgan fingerprint density at radius 2 is 1.76 bits per heavy atom. The van der Waals surface area contributed by atoms with Crippen LogP contribution in [-0.2, 0) is 6.54 Å². The van der Waals surface area contributed by atoms with Crippen molar-refractivity contribution in [2.45, 2.75) is 39.7 Å². The molecule has 0 atom stereocenters. The number of hydrogen-bond donors (Lipinski definition) is 2. The van der Waals surface area contributed by atoms with Crippen molar-refractivity contribution in [1.82, 2.24) is 15.5 Å². The molecule has 0 bridgehead atoms. The van der Waals surface area contributed by atoms with Crippen molar-refractivity contribution >= 4 is 29.9 Å². The Kier molecular flexibility index (Phi) is 14.6. The first-order valence-electron chi connectivity index (χ1n) is 9.03. The van der Waals surface area contributed by atoms with Crippen LogP contribution in [0.5, 0.6) is 5.75 Å². The number of guanidine groups is 1. The van der Waals surface area contributed by atoms with Gasteiger partial charge in [0.15, 0.2) is 5.96 Å². The lowest BCUT2D eigenvalue weighted by Crippen LogP contribution is -2.38. The summed E-state index contributed by atoms with van der Waals surface area (Å²) in [4.78, 5) is 6.82. The summed E-state index contributed by atoms with van der Waals surface area (Å²) in [6, 6.07) is 8.04. The highest BCUT2D eigenvalue weighted by Gasteiger charge is 2.04. The van der Waals surface area contributed by atoms with Crippen LogP contribution < -0.4 is 15.4 Å². The number of nitrogens with zero attached hydrogens (tertiary/aromatic N) is 2. The molecule has 0 radical (unpaired) electrons. The first-order chi connectivity index (χ1) is 11.7. The molecule has 0 saturated carbocycles. The summed E-state index contributed by atoms with van der Waals surface area (Å²) in [6.07, 6.45) is 3.56. The lowest BCUT2D eigenvalue weighted by atomic mass is 10.2. The van der Waals surface area contributed by atoms with Gasteiger partial charge in [-0.05, 0) is 45.0 Å². The molecule has 0 aliphatic rings. The second-order valence-corrected chi connectivity index (χ2v) is 5.86. The van der Waals surface area contributed by atoms with E-state index >= 15 is 0 Å².